The van der Waals surface area contributed by atoms with E-state index >= 15 is 0 Å². The number of hydrogen-bond acceptors (Lipinski definition) is 3. The van der Waals surface area contributed by atoms with Gasteiger partial charge in [0.05, 0.1) is 10.5 Å². The molecule has 1 aromatic carbocycles. The van der Waals surface area contributed by atoms with Gasteiger partial charge in [-0.25, -0.2) is 13.1 Å². The van der Waals surface area contributed by atoms with Crippen LogP contribution in [0.2, 0.25) is 0 Å². The second-order valence-corrected chi connectivity index (χ2v) is 5.54. The van der Waals surface area contributed by atoms with Crippen molar-refractivity contribution in [1.29, 1.82) is 0 Å². The van der Waals surface area contributed by atoms with Crippen LogP contribution in [0.1, 0.15) is 12.5 Å². The van der Waals surface area contributed by atoms with Gasteiger partial charge in [-0.3, -0.25) is 0 Å². The van der Waals surface area contributed by atoms with E-state index in [1.165, 1.54) is 0 Å². The Hall–Kier alpha value is -0.830. The lowest BCUT2D eigenvalue weighted by Gasteiger charge is -2.09. The zero-order chi connectivity index (χ0) is 14.5. The van der Waals surface area contributed by atoms with E-state index in [4.69, 9.17) is 0 Å². The minimum atomic E-state index is -4.47. The quantitative estimate of drug-likeness (QED) is 0.784. The highest BCUT2D eigenvalue weighted by atomic mass is 35.5. The summed E-state index contributed by atoms with van der Waals surface area (Å²) in [5.41, 5.74) is -0.876. The lowest BCUT2D eigenvalue weighted by Crippen LogP contribution is -2.31. The van der Waals surface area contributed by atoms with Crippen molar-refractivity contribution in [3.63, 3.8) is 0 Å². The maximum atomic E-state index is 12.3. The summed E-state index contributed by atoms with van der Waals surface area (Å²) >= 11 is 0. The van der Waals surface area contributed by atoms with Crippen molar-refractivity contribution in [2.75, 3.05) is 19.6 Å². The number of nitrogens with one attached hydrogen (secondary N) is 2. The molecule has 0 fully saturated rings. The Morgan fingerprint density at radius 1 is 1.10 bits per heavy atom. The third-order valence-corrected chi connectivity index (χ3v) is 3.81. The molecule has 0 aromatic heterocycles. The van der Waals surface area contributed by atoms with Crippen LogP contribution in [0.5, 0.6) is 0 Å². The van der Waals surface area contributed by atoms with Crippen LogP contribution in [0.3, 0.4) is 0 Å². The molecule has 2 N–H and O–H groups in total. The Morgan fingerprint density at radius 2 is 1.65 bits per heavy atom. The molecule has 1 aromatic rings. The highest BCUT2D eigenvalue weighted by molar-refractivity contribution is 7.89. The highest BCUT2D eigenvalue weighted by Gasteiger charge is 2.30. The predicted octanol–water partition coefficient (Wildman–Crippen LogP) is 2.02. The summed E-state index contributed by atoms with van der Waals surface area (Å²) < 4.78 is 62.8. The number of halogens is 4. The van der Waals surface area contributed by atoms with E-state index in [1.807, 2.05) is 6.92 Å². The van der Waals surface area contributed by atoms with Gasteiger partial charge < -0.3 is 5.32 Å². The highest BCUT2D eigenvalue weighted by Crippen LogP contribution is 2.29. The summed E-state index contributed by atoms with van der Waals surface area (Å²) in [5, 5.41) is 2.93. The third kappa shape index (κ3) is 5.66. The van der Waals surface area contributed by atoms with Crippen LogP contribution < -0.4 is 10.0 Å². The number of likely N-dealkylation sites (N-methyl/N-ethyl adjacent to an activating group) is 1. The predicted molar refractivity (Wildman–Crippen MR) is 72.4 cm³/mol. The third-order valence-electron chi connectivity index (χ3n) is 2.34. The van der Waals surface area contributed by atoms with Crippen molar-refractivity contribution in [3.05, 3.63) is 29.8 Å². The zero-order valence-corrected chi connectivity index (χ0v) is 12.3. The van der Waals surface area contributed by atoms with Gasteiger partial charge in [0.2, 0.25) is 10.0 Å². The van der Waals surface area contributed by atoms with Gasteiger partial charge in [0.1, 0.15) is 0 Å². The average Bonchev–Trinajstić information content (AvgIpc) is 2.34. The molecule has 0 amide bonds. The number of hydrogen-bond donors (Lipinski definition) is 2. The standard InChI is InChI=1S/C11H15F3N2O2S.ClH/c1-2-15-7-8-16-19(17,18)10-5-3-9(4-6-10)11(12,13)14;/h3-6,15-16H,2,7-8H2,1H3;1H. The van der Waals surface area contributed by atoms with Crippen LogP contribution in [0.4, 0.5) is 13.2 Å². The molecule has 0 saturated carbocycles. The van der Waals surface area contributed by atoms with Crippen molar-refractivity contribution in [2.24, 2.45) is 0 Å². The van der Waals surface area contributed by atoms with Crippen LogP contribution in [0.25, 0.3) is 0 Å². The first kappa shape index (κ1) is 19.2. The fourth-order valence-corrected chi connectivity index (χ4v) is 2.39. The second-order valence-electron chi connectivity index (χ2n) is 3.77. The first-order chi connectivity index (χ1) is 8.77. The van der Waals surface area contributed by atoms with Crippen LogP contribution in [-0.4, -0.2) is 28.1 Å². The molecule has 0 saturated heterocycles. The molecule has 0 aliphatic rings. The second kappa shape index (κ2) is 7.82. The van der Waals surface area contributed by atoms with E-state index in [1.54, 1.807) is 0 Å². The van der Waals surface area contributed by atoms with E-state index in [9.17, 15) is 21.6 Å². The maximum Gasteiger partial charge on any atom is 0.416 e. The molecule has 4 nitrogen and oxygen atoms in total. The summed E-state index contributed by atoms with van der Waals surface area (Å²) in [6.07, 6.45) is -4.47. The first-order valence-electron chi connectivity index (χ1n) is 5.65. The Morgan fingerprint density at radius 3 is 2.10 bits per heavy atom. The lowest BCUT2D eigenvalue weighted by atomic mass is 10.2. The van der Waals surface area contributed by atoms with Crippen molar-refractivity contribution in [1.82, 2.24) is 10.0 Å². The topological polar surface area (TPSA) is 58.2 Å². The average molecular weight is 333 g/mol. The molecule has 0 spiro atoms. The van der Waals surface area contributed by atoms with Crippen molar-refractivity contribution >= 4 is 22.4 Å². The van der Waals surface area contributed by atoms with Crippen LogP contribution in [-0.2, 0) is 16.2 Å². The molecule has 0 unspecified atom stereocenters. The molecule has 0 radical (unpaired) electrons. The van der Waals surface area contributed by atoms with Gasteiger partial charge in [-0.05, 0) is 30.8 Å². The molecule has 0 bridgehead atoms. The van der Waals surface area contributed by atoms with Gasteiger partial charge in [0.25, 0.3) is 0 Å². The molecule has 0 aliphatic carbocycles. The van der Waals surface area contributed by atoms with Crippen molar-refractivity contribution in [2.45, 2.75) is 18.0 Å². The summed E-state index contributed by atoms with van der Waals surface area (Å²) in [5.74, 6) is 0. The minimum absolute atomic E-state index is 0. The van der Waals surface area contributed by atoms with E-state index in [-0.39, 0.29) is 23.8 Å². The van der Waals surface area contributed by atoms with Crippen LogP contribution >= 0.6 is 12.4 Å². The first-order valence-corrected chi connectivity index (χ1v) is 7.13. The van der Waals surface area contributed by atoms with Crippen LogP contribution in [0, 0.1) is 0 Å². The summed E-state index contributed by atoms with van der Waals surface area (Å²) in [4.78, 5) is -0.183. The Bertz CT molecular complexity index is 503. The summed E-state index contributed by atoms with van der Waals surface area (Å²) in [6, 6.07) is 3.38. The fourth-order valence-electron chi connectivity index (χ4n) is 1.36. The molecule has 0 atom stereocenters. The van der Waals surface area contributed by atoms with Gasteiger partial charge in [0, 0.05) is 13.1 Å². The van der Waals surface area contributed by atoms with E-state index in [0.717, 1.165) is 24.3 Å². The van der Waals surface area contributed by atoms with Crippen LogP contribution in [0.15, 0.2) is 29.2 Å². The number of rotatable bonds is 6. The summed E-state index contributed by atoms with van der Waals surface area (Å²) in [6.45, 7) is 3.22. The number of alkyl halides is 3. The van der Waals surface area contributed by atoms with E-state index < -0.39 is 21.8 Å². The zero-order valence-electron chi connectivity index (χ0n) is 10.7. The molecule has 1 rings (SSSR count). The smallest absolute Gasteiger partial charge is 0.316 e. The Labute approximate surface area is 122 Å². The summed E-state index contributed by atoms with van der Waals surface area (Å²) in [7, 11) is -3.76. The Balaban J connectivity index is 0.00000361. The van der Waals surface area contributed by atoms with Gasteiger partial charge in [-0.2, -0.15) is 13.2 Å². The normalized spacial score (nSPS) is 12.0. The van der Waals surface area contributed by atoms with Gasteiger partial charge in [-0.1, -0.05) is 6.92 Å². The largest absolute Gasteiger partial charge is 0.416 e. The molecule has 9 heteroatoms. The lowest BCUT2D eigenvalue weighted by molar-refractivity contribution is -0.137. The van der Waals surface area contributed by atoms with Gasteiger partial charge >= 0.3 is 6.18 Å². The molecule has 20 heavy (non-hydrogen) atoms. The van der Waals surface area contributed by atoms with E-state index in [2.05, 4.69) is 10.0 Å². The van der Waals surface area contributed by atoms with Crippen molar-refractivity contribution in [3.8, 4) is 0 Å². The molecular weight excluding hydrogens is 317 g/mol. The minimum Gasteiger partial charge on any atom is -0.316 e. The number of benzene rings is 1. The van der Waals surface area contributed by atoms with Crippen molar-refractivity contribution < 1.29 is 21.6 Å². The Kier molecular flexibility index (Phi) is 7.50. The molecule has 0 aliphatic heterocycles. The molecule has 116 valence electrons. The molecule has 0 heterocycles. The SMILES string of the molecule is CCNCCNS(=O)(=O)c1ccc(C(F)(F)F)cc1.Cl. The van der Waals surface area contributed by atoms with Gasteiger partial charge in [0.15, 0.2) is 0 Å². The van der Waals surface area contributed by atoms with Gasteiger partial charge in [-0.15, -0.1) is 12.4 Å². The molecular formula is C11H16ClF3N2O2S. The van der Waals surface area contributed by atoms with E-state index in [0.29, 0.717) is 13.1 Å². The fraction of sp³-hybridized carbons (Fsp3) is 0.455. The maximum absolute atomic E-state index is 12.3. The monoisotopic (exact) mass is 332 g/mol. The number of sulfonamides is 1.